The molecule has 1 amide bonds. The number of nitrogens with one attached hydrogen (secondary N) is 2. The number of H-pyrrole nitrogens is 1. The number of hydrogen-bond donors (Lipinski definition) is 2. The molecule has 0 aliphatic heterocycles. The van der Waals surface area contributed by atoms with Crippen LogP contribution in [-0.4, -0.2) is 17.9 Å². The molecule has 1 aromatic heterocycles. The molecule has 1 heterocycles. The van der Waals surface area contributed by atoms with E-state index in [4.69, 9.17) is 0 Å². The third kappa shape index (κ3) is 1.60. The van der Waals surface area contributed by atoms with Gasteiger partial charge in [-0.05, 0) is 24.6 Å². The summed E-state index contributed by atoms with van der Waals surface area (Å²) in [6.45, 7) is 5.85. The fourth-order valence-corrected chi connectivity index (χ4v) is 1.71. The summed E-state index contributed by atoms with van der Waals surface area (Å²) in [7, 11) is 1.63. The van der Waals surface area contributed by atoms with Gasteiger partial charge in [-0.2, -0.15) is 0 Å². The van der Waals surface area contributed by atoms with Gasteiger partial charge in [-0.15, -0.1) is 0 Å². The van der Waals surface area contributed by atoms with Crippen LogP contribution in [0.5, 0.6) is 0 Å². The van der Waals surface area contributed by atoms with Gasteiger partial charge < -0.3 is 10.3 Å². The first-order valence-electron chi connectivity index (χ1n) is 5.12. The Morgan fingerprint density at radius 2 is 2.19 bits per heavy atom. The topological polar surface area (TPSA) is 44.9 Å². The summed E-state index contributed by atoms with van der Waals surface area (Å²) in [5.41, 5.74) is 3.67. The van der Waals surface area contributed by atoms with Crippen molar-refractivity contribution in [3.05, 3.63) is 42.1 Å². The van der Waals surface area contributed by atoms with Gasteiger partial charge in [0.1, 0.15) is 0 Å². The van der Waals surface area contributed by atoms with Gasteiger partial charge in [-0.25, -0.2) is 0 Å². The van der Waals surface area contributed by atoms with Gasteiger partial charge in [0.2, 0.25) is 0 Å². The zero-order valence-corrected chi connectivity index (χ0v) is 9.42. The quantitative estimate of drug-likeness (QED) is 0.792. The van der Waals surface area contributed by atoms with Crippen molar-refractivity contribution in [1.29, 1.82) is 0 Å². The zero-order chi connectivity index (χ0) is 11.7. The molecule has 0 saturated heterocycles. The molecule has 0 unspecified atom stereocenters. The minimum atomic E-state index is -0.0786. The number of hydrogen-bond acceptors (Lipinski definition) is 1. The van der Waals surface area contributed by atoms with E-state index in [-0.39, 0.29) is 5.91 Å². The van der Waals surface area contributed by atoms with Gasteiger partial charge in [-0.1, -0.05) is 18.2 Å². The van der Waals surface area contributed by atoms with Crippen LogP contribution in [-0.2, 0) is 0 Å². The molecule has 3 heteroatoms. The van der Waals surface area contributed by atoms with E-state index >= 15 is 0 Å². The lowest BCUT2D eigenvalue weighted by molar-refractivity contribution is 0.0965. The molecule has 0 saturated carbocycles. The van der Waals surface area contributed by atoms with Crippen LogP contribution in [0.25, 0.3) is 16.5 Å². The molecule has 0 atom stereocenters. The van der Waals surface area contributed by atoms with Crippen molar-refractivity contribution in [2.45, 2.75) is 6.92 Å². The van der Waals surface area contributed by atoms with Crippen molar-refractivity contribution >= 4 is 22.4 Å². The number of benzene rings is 1. The highest BCUT2D eigenvalue weighted by molar-refractivity contribution is 6.07. The molecule has 1 aromatic carbocycles. The minimum Gasteiger partial charge on any atom is -0.360 e. The summed E-state index contributed by atoms with van der Waals surface area (Å²) in [5.74, 6) is -0.0786. The van der Waals surface area contributed by atoms with Crippen LogP contribution in [0.3, 0.4) is 0 Å². The molecule has 0 fully saturated rings. The molecule has 0 radical (unpaired) electrons. The number of allylic oxidation sites excluding steroid dienone is 1. The van der Waals surface area contributed by atoms with Crippen molar-refractivity contribution in [2.75, 3.05) is 7.05 Å². The van der Waals surface area contributed by atoms with Crippen LogP contribution >= 0.6 is 0 Å². The average Bonchev–Trinajstić information content (AvgIpc) is 2.70. The number of rotatable bonds is 2. The third-order valence-electron chi connectivity index (χ3n) is 2.65. The number of aromatic nitrogens is 1. The Morgan fingerprint density at radius 1 is 1.44 bits per heavy atom. The van der Waals surface area contributed by atoms with E-state index in [0.717, 1.165) is 22.0 Å². The van der Waals surface area contributed by atoms with Crippen LogP contribution in [0.4, 0.5) is 0 Å². The van der Waals surface area contributed by atoms with E-state index in [0.29, 0.717) is 5.56 Å². The fraction of sp³-hybridized carbons (Fsp3) is 0.154. The maximum Gasteiger partial charge on any atom is 0.253 e. The number of carbonyl (C=O) groups excluding carboxylic acids is 1. The van der Waals surface area contributed by atoms with Gasteiger partial charge in [0, 0.05) is 24.1 Å². The first kappa shape index (κ1) is 10.5. The Balaban J connectivity index is 2.64. The van der Waals surface area contributed by atoms with E-state index < -0.39 is 0 Å². The Hall–Kier alpha value is -2.03. The highest BCUT2D eigenvalue weighted by Crippen LogP contribution is 2.22. The van der Waals surface area contributed by atoms with E-state index in [2.05, 4.69) is 16.9 Å². The Kier molecular flexibility index (Phi) is 2.52. The van der Waals surface area contributed by atoms with Crippen LogP contribution in [0.2, 0.25) is 0 Å². The molecule has 0 aliphatic carbocycles. The van der Waals surface area contributed by atoms with Crippen LogP contribution in [0.1, 0.15) is 22.8 Å². The fourth-order valence-electron chi connectivity index (χ4n) is 1.71. The maximum absolute atomic E-state index is 11.6. The highest BCUT2D eigenvalue weighted by atomic mass is 16.1. The van der Waals surface area contributed by atoms with Crippen LogP contribution in [0, 0.1) is 0 Å². The molecule has 2 N–H and O–H groups in total. The molecular formula is C13H14N2O. The summed E-state index contributed by atoms with van der Waals surface area (Å²) < 4.78 is 0. The molecule has 3 nitrogen and oxygen atoms in total. The molecule has 82 valence electrons. The van der Waals surface area contributed by atoms with E-state index in [1.165, 1.54) is 0 Å². The van der Waals surface area contributed by atoms with Crippen molar-refractivity contribution in [3.63, 3.8) is 0 Å². The van der Waals surface area contributed by atoms with Gasteiger partial charge >= 0.3 is 0 Å². The van der Waals surface area contributed by atoms with Gasteiger partial charge in [0.05, 0.1) is 5.56 Å². The molecule has 0 aliphatic rings. The lowest BCUT2D eigenvalue weighted by atomic mass is 10.0. The third-order valence-corrected chi connectivity index (χ3v) is 2.65. The van der Waals surface area contributed by atoms with E-state index in [1.54, 1.807) is 13.2 Å². The maximum atomic E-state index is 11.6. The standard InChI is InChI=1S/C13H14N2O/c1-8(2)9-4-5-12-10(6-9)11(7-15-12)13(16)14-3/h4-7,15H,1H2,2-3H3,(H,14,16). The van der Waals surface area contributed by atoms with Crippen molar-refractivity contribution in [1.82, 2.24) is 10.3 Å². The second-order valence-electron chi connectivity index (χ2n) is 3.82. The molecule has 0 spiro atoms. The number of carbonyl (C=O) groups is 1. The minimum absolute atomic E-state index is 0.0786. The first-order chi connectivity index (χ1) is 7.63. The van der Waals surface area contributed by atoms with Crippen LogP contribution in [0.15, 0.2) is 31.0 Å². The second-order valence-corrected chi connectivity index (χ2v) is 3.82. The number of aromatic amines is 1. The molecular weight excluding hydrogens is 200 g/mol. The van der Waals surface area contributed by atoms with Crippen molar-refractivity contribution < 1.29 is 4.79 Å². The summed E-state index contributed by atoms with van der Waals surface area (Å²) >= 11 is 0. The Labute approximate surface area is 94.2 Å². The molecule has 0 bridgehead atoms. The summed E-state index contributed by atoms with van der Waals surface area (Å²) in [5, 5.41) is 3.56. The lowest BCUT2D eigenvalue weighted by Gasteiger charge is -2.01. The highest BCUT2D eigenvalue weighted by Gasteiger charge is 2.10. The van der Waals surface area contributed by atoms with Crippen molar-refractivity contribution in [3.8, 4) is 0 Å². The first-order valence-corrected chi connectivity index (χ1v) is 5.12. The molecule has 16 heavy (non-hydrogen) atoms. The SMILES string of the molecule is C=C(C)c1ccc2[nH]cc(C(=O)NC)c2c1. The molecule has 2 rings (SSSR count). The monoisotopic (exact) mass is 214 g/mol. The Morgan fingerprint density at radius 3 is 2.81 bits per heavy atom. The Bertz CT molecular complexity index is 566. The smallest absolute Gasteiger partial charge is 0.253 e. The predicted molar refractivity (Wildman–Crippen MR) is 66.4 cm³/mol. The largest absolute Gasteiger partial charge is 0.360 e. The zero-order valence-electron chi connectivity index (χ0n) is 9.42. The summed E-state index contributed by atoms with van der Waals surface area (Å²) in [6.07, 6.45) is 1.73. The number of amides is 1. The normalized spacial score (nSPS) is 10.4. The second kappa shape index (κ2) is 3.85. The predicted octanol–water partition coefficient (Wildman–Crippen LogP) is 2.56. The lowest BCUT2D eigenvalue weighted by Crippen LogP contribution is -2.17. The van der Waals surface area contributed by atoms with Crippen molar-refractivity contribution in [2.24, 2.45) is 0 Å². The van der Waals surface area contributed by atoms with Gasteiger partial charge in [-0.3, -0.25) is 4.79 Å². The summed E-state index contributed by atoms with van der Waals surface area (Å²) in [4.78, 5) is 14.7. The van der Waals surface area contributed by atoms with Crippen LogP contribution < -0.4 is 5.32 Å². The molecule has 2 aromatic rings. The van der Waals surface area contributed by atoms with Gasteiger partial charge in [0.15, 0.2) is 0 Å². The van der Waals surface area contributed by atoms with Gasteiger partial charge in [0.25, 0.3) is 5.91 Å². The van der Waals surface area contributed by atoms with E-state index in [9.17, 15) is 4.79 Å². The number of fused-ring (bicyclic) bond motifs is 1. The summed E-state index contributed by atoms with van der Waals surface area (Å²) in [6, 6.07) is 5.94. The van der Waals surface area contributed by atoms with E-state index in [1.807, 2.05) is 25.1 Å². The average molecular weight is 214 g/mol.